The Balaban J connectivity index is 2.00. The van der Waals surface area contributed by atoms with Gasteiger partial charge >= 0.3 is 11.9 Å². The van der Waals surface area contributed by atoms with Crippen molar-refractivity contribution in [3.05, 3.63) is 82.6 Å². The van der Waals surface area contributed by atoms with Crippen molar-refractivity contribution in [2.45, 2.75) is 24.9 Å². The van der Waals surface area contributed by atoms with E-state index in [2.05, 4.69) is 0 Å². The molecule has 1 fully saturated rings. The summed E-state index contributed by atoms with van der Waals surface area (Å²) in [5, 5.41) is 10.2. The van der Waals surface area contributed by atoms with Crippen molar-refractivity contribution in [3.8, 4) is 11.8 Å². The number of carbonyl (C=O) groups is 2. The molecule has 0 saturated carbocycles. The van der Waals surface area contributed by atoms with Gasteiger partial charge in [-0.1, -0.05) is 36.4 Å². The molecule has 2 aliphatic heterocycles. The van der Waals surface area contributed by atoms with Crippen molar-refractivity contribution < 1.29 is 32.9 Å². The molecular weight excluding hydrogens is 481 g/mol. The van der Waals surface area contributed by atoms with E-state index in [4.69, 9.17) is 24.7 Å². The third-order valence-electron chi connectivity index (χ3n) is 6.25. The Labute approximate surface area is 213 Å². The molecule has 0 aliphatic carbocycles. The van der Waals surface area contributed by atoms with Crippen molar-refractivity contribution >= 4 is 17.6 Å². The number of hydrogen-bond donors (Lipinski definition) is 1. The molecule has 2 aromatic rings. The number of para-hydroxylation sites is 1. The van der Waals surface area contributed by atoms with Gasteiger partial charge in [0.1, 0.15) is 29.1 Å². The van der Waals surface area contributed by atoms with E-state index in [0.29, 0.717) is 31.6 Å². The number of nitriles is 1. The Morgan fingerprint density at radius 3 is 2.35 bits per heavy atom. The summed E-state index contributed by atoms with van der Waals surface area (Å²) in [4.78, 5) is 27.4. The van der Waals surface area contributed by atoms with Crippen LogP contribution in [-0.2, 0) is 23.8 Å². The number of esters is 2. The highest BCUT2D eigenvalue weighted by Gasteiger charge is 2.44. The number of nitrogens with zero attached hydrogens (tertiary/aromatic N) is 2. The first kappa shape index (κ1) is 25.7. The topological polar surface area (TPSA) is 124 Å². The highest BCUT2D eigenvalue weighted by molar-refractivity contribution is 6.06. The zero-order valence-electron chi connectivity index (χ0n) is 20.4. The van der Waals surface area contributed by atoms with Crippen LogP contribution in [0.4, 0.5) is 10.1 Å². The van der Waals surface area contributed by atoms with Crippen LogP contribution in [0.25, 0.3) is 0 Å². The summed E-state index contributed by atoms with van der Waals surface area (Å²) >= 11 is 0. The molecule has 9 nitrogen and oxygen atoms in total. The summed E-state index contributed by atoms with van der Waals surface area (Å²) in [7, 11) is 2.27. The van der Waals surface area contributed by atoms with Crippen LogP contribution in [-0.4, -0.2) is 45.5 Å². The smallest absolute Gasteiger partial charge is 0.355 e. The van der Waals surface area contributed by atoms with Crippen molar-refractivity contribution in [1.82, 2.24) is 0 Å². The van der Waals surface area contributed by atoms with Crippen LogP contribution in [0.1, 0.15) is 24.3 Å². The second-order valence-corrected chi connectivity index (χ2v) is 8.35. The molecule has 0 radical (unpaired) electrons. The molecule has 0 aromatic heterocycles. The molecule has 1 unspecified atom stereocenters. The summed E-state index contributed by atoms with van der Waals surface area (Å²) in [6, 6.07) is 14.8. The third kappa shape index (κ3) is 4.86. The highest BCUT2D eigenvalue weighted by atomic mass is 19.1. The average molecular weight is 508 g/mol. The number of anilines is 1. The number of nitrogens with two attached hydrogens (primary N) is 1. The SMILES string of the molecule is COC(=O)C1=C(C(=O)OC)N(c2c(F)cccc2OC2CCOCC2)C(N)=C(C#N)C1c1ccccc1. The minimum absolute atomic E-state index is 0.0699. The molecule has 1 atom stereocenters. The maximum atomic E-state index is 15.6. The van der Waals surface area contributed by atoms with Gasteiger partial charge in [-0.25, -0.2) is 14.0 Å². The van der Waals surface area contributed by atoms with Crippen LogP contribution in [0.5, 0.6) is 5.75 Å². The Morgan fingerprint density at radius 1 is 1.05 bits per heavy atom. The van der Waals surface area contributed by atoms with Gasteiger partial charge in [0, 0.05) is 12.8 Å². The van der Waals surface area contributed by atoms with Crippen LogP contribution >= 0.6 is 0 Å². The van der Waals surface area contributed by atoms with Crippen molar-refractivity contribution in [3.63, 3.8) is 0 Å². The van der Waals surface area contributed by atoms with E-state index in [1.54, 1.807) is 30.3 Å². The van der Waals surface area contributed by atoms with Crippen molar-refractivity contribution in [2.24, 2.45) is 5.73 Å². The minimum Gasteiger partial charge on any atom is -0.488 e. The Hall–Kier alpha value is -4.36. The normalized spacial score (nSPS) is 18.3. The molecule has 2 N–H and O–H groups in total. The van der Waals surface area contributed by atoms with E-state index in [1.165, 1.54) is 18.2 Å². The largest absolute Gasteiger partial charge is 0.488 e. The zero-order chi connectivity index (χ0) is 26.5. The minimum atomic E-state index is -1.06. The van der Waals surface area contributed by atoms with E-state index in [1.807, 2.05) is 6.07 Å². The van der Waals surface area contributed by atoms with E-state index in [-0.39, 0.29) is 40.2 Å². The molecule has 0 amide bonds. The molecule has 2 heterocycles. The Kier molecular flexibility index (Phi) is 7.74. The number of ether oxygens (including phenoxy) is 4. The van der Waals surface area contributed by atoms with Crippen molar-refractivity contribution in [2.75, 3.05) is 32.3 Å². The molecular formula is C27H26FN3O6. The lowest BCUT2D eigenvalue weighted by Crippen LogP contribution is -2.41. The molecule has 4 rings (SSSR count). The van der Waals surface area contributed by atoms with Gasteiger partial charge in [-0.3, -0.25) is 4.90 Å². The zero-order valence-corrected chi connectivity index (χ0v) is 20.4. The number of carbonyl (C=O) groups excluding carboxylic acids is 2. The summed E-state index contributed by atoms with van der Waals surface area (Å²) in [5.41, 5.74) is 6.12. The van der Waals surface area contributed by atoms with Crippen molar-refractivity contribution in [1.29, 1.82) is 5.26 Å². The van der Waals surface area contributed by atoms with E-state index in [9.17, 15) is 14.9 Å². The van der Waals surface area contributed by atoms with Gasteiger partial charge in [-0.15, -0.1) is 0 Å². The maximum absolute atomic E-state index is 15.6. The number of halogens is 1. The number of rotatable bonds is 6. The average Bonchev–Trinajstić information content (AvgIpc) is 2.93. The molecule has 2 aromatic carbocycles. The predicted molar refractivity (Wildman–Crippen MR) is 130 cm³/mol. The standard InChI is InChI=1S/C27H26FN3O6/c1-34-26(32)22-21(16-7-4-3-5-8-16)18(15-29)25(30)31(24(22)27(33)35-2)23-19(28)9-6-10-20(23)37-17-11-13-36-14-12-17/h3-10,17,21H,11-14,30H2,1-2H3. The second-order valence-electron chi connectivity index (χ2n) is 8.35. The summed E-state index contributed by atoms with van der Waals surface area (Å²) in [6.07, 6.45) is 0.879. The van der Waals surface area contributed by atoms with Crippen LogP contribution < -0.4 is 15.4 Å². The Bertz CT molecular complexity index is 1290. The number of benzene rings is 2. The first-order chi connectivity index (χ1) is 17.9. The Morgan fingerprint density at radius 2 is 1.73 bits per heavy atom. The summed E-state index contributed by atoms with van der Waals surface area (Å²) in [5.74, 6) is -3.88. The maximum Gasteiger partial charge on any atom is 0.355 e. The summed E-state index contributed by atoms with van der Waals surface area (Å²) < 4.78 is 37.1. The molecule has 1 saturated heterocycles. The van der Waals surface area contributed by atoms with E-state index < -0.39 is 23.7 Å². The molecule has 37 heavy (non-hydrogen) atoms. The first-order valence-corrected chi connectivity index (χ1v) is 11.6. The van der Waals surface area contributed by atoms with Crippen LogP contribution in [0.15, 0.2) is 71.2 Å². The number of allylic oxidation sites excluding steroid dienone is 1. The van der Waals surface area contributed by atoms with Gasteiger partial charge in [-0.05, 0) is 17.7 Å². The van der Waals surface area contributed by atoms with Gasteiger partial charge in [0.15, 0.2) is 5.82 Å². The van der Waals surface area contributed by atoms with Gasteiger partial charge in [-0.2, -0.15) is 5.26 Å². The molecule has 0 spiro atoms. The molecule has 192 valence electrons. The van der Waals surface area contributed by atoms with Crippen LogP contribution in [0.3, 0.4) is 0 Å². The van der Waals surface area contributed by atoms with Gasteiger partial charge in [0.2, 0.25) is 0 Å². The monoisotopic (exact) mass is 507 g/mol. The van der Waals surface area contributed by atoms with Gasteiger partial charge < -0.3 is 24.7 Å². The van der Waals surface area contributed by atoms with E-state index >= 15 is 4.39 Å². The lowest BCUT2D eigenvalue weighted by Gasteiger charge is -2.37. The fraction of sp³-hybridized carbons (Fsp3) is 0.296. The quantitative estimate of drug-likeness (QED) is 0.587. The fourth-order valence-electron chi connectivity index (χ4n) is 4.53. The number of methoxy groups -OCH3 is 2. The molecule has 0 bridgehead atoms. The lowest BCUT2D eigenvalue weighted by atomic mass is 9.81. The third-order valence-corrected chi connectivity index (χ3v) is 6.25. The van der Waals surface area contributed by atoms with Crippen LogP contribution in [0.2, 0.25) is 0 Å². The number of hydrogen-bond acceptors (Lipinski definition) is 9. The fourth-order valence-corrected chi connectivity index (χ4v) is 4.53. The highest BCUT2D eigenvalue weighted by Crippen LogP contribution is 2.46. The van der Waals surface area contributed by atoms with Gasteiger partial charge in [0.05, 0.1) is 50.6 Å². The lowest BCUT2D eigenvalue weighted by molar-refractivity contribution is -0.139. The summed E-state index contributed by atoms with van der Waals surface area (Å²) in [6.45, 7) is 0.969. The first-order valence-electron chi connectivity index (χ1n) is 11.6. The predicted octanol–water partition coefficient (Wildman–Crippen LogP) is 3.28. The second kappa shape index (κ2) is 11.1. The molecule has 2 aliphatic rings. The van der Waals surface area contributed by atoms with Crippen LogP contribution in [0, 0.1) is 17.1 Å². The van der Waals surface area contributed by atoms with E-state index in [0.717, 1.165) is 19.1 Å². The molecule has 10 heteroatoms. The van der Waals surface area contributed by atoms with Gasteiger partial charge in [0.25, 0.3) is 0 Å².